The highest BCUT2D eigenvalue weighted by Gasteiger charge is 2.16. The zero-order chi connectivity index (χ0) is 21.8. The highest BCUT2D eigenvalue weighted by atomic mass is 32.2. The van der Waals surface area contributed by atoms with Crippen molar-refractivity contribution in [2.75, 3.05) is 5.32 Å². The van der Waals surface area contributed by atoms with E-state index < -0.39 is 0 Å². The molecule has 0 atom stereocenters. The van der Waals surface area contributed by atoms with E-state index in [2.05, 4.69) is 49.7 Å². The first-order chi connectivity index (χ1) is 15.8. The van der Waals surface area contributed by atoms with Crippen LogP contribution in [0.15, 0.2) is 96.3 Å². The number of pyridine rings is 2. The Morgan fingerprint density at radius 1 is 0.844 bits per heavy atom. The topological polar surface area (TPSA) is 89.6 Å². The van der Waals surface area contributed by atoms with Crippen LogP contribution in [-0.2, 0) is 6.54 Å². The number of rotatable bonds is 6. The summed E-state index contributed by atoms with van der Waals surface area (Å²) in [6.45, 7) is 0.550. The highest BCUT2D eigenvalue weighted by molar-refractivity contribution is 7.97. The molecule has 0 radical (unpaired) electrons. The van der Waals surface area contributed by atoms with E-state index in [1.54, 1.807) is 18.6 Å². The van der Waals surface area contributed by atoms with Gasteiger partial charge in [0.05, 0.1) is 12.2 Å². The Balaban J connectivity index is 1.69. The second-order valence-electron chi connectivity index (χ2n) is 7.19. The molecule has 0 aliphatic rings. The maximum atomic E-state index is 5.75. The van der Waals surface area contributed by atoms with E-state index in [0.29, 0.717) is 12.4 Å². The van der Waals surface area contributed by atoms with Gasteiger partial charge in [0, 0.05) is 39.8 Å². The predicted molar refractivity (Wildman–Crippen MR) is 130 cm³/mol. The van der Waals surface area contributed by atoms with Crippen LogP contribution < -0.4 is 10.5 Å². The third kappa shape index (κ3) is 4.03. The minimum Gasteiger partial charge on any atom is -0.362 e. The van der Waals surface area contributed by atoms with Gasteiger partial charge in [-0.3, -0.25) is 15.1 Å². The van der Waals surface area contributed by atoms with Crippen LogP contribution >= 0.6 is 11.9 Å². The third-order valence-corrected chi connectivity index (χ3v) is 5.67. The summed E-state index contributed by atoms with van der Waals surface area (Å²) in [4.78, 5) is 9.60. The van der Waals surface area contributed by atoms with Gasteiger partial charge in [-0.1, -0.05) is 54.6 Å². The Hall–Kier alpha value is -3.81. The first kappa shape index (κ1) is 20.1. The Morgan fingerprint density at radius 3 is 2.53 bits per heavy atom. The molecular weight excluding hydrogens is 416 g/mol. The molecule has 5 rings (SSSR count). The van der Waals surface area contributed by atoms with Crippen molar-refractivity contribution in [3.8, 4) is 22.4 Å². The molecular formula is C25H20N6S. The zero-order valence-electron chi connectivity index (χ0n) is 17.1. The van der Waals surface area contributed by atoms with E-state index >= 15 is 0 Å². The van der Waals surface area contributed by atoms with Gasteiger partial charge in [-0.05, 0) is 41.3 Å². The fourth-order valence-corrected chi connectivity index (χ4v) is 4.01. The van der Waals surface area contributed by atoms with Crippen LogP contribution in [0.3, 0.4) is 0 Å². The molecule has 0 saturated carbocycles. The van der Waals surface area contributed by atoms with Crippen LogP contribution in [0.5, 0.6) is 0 Å². The molecule has 0 bridgehead atoms. The molecule has 6 nitrogen and oxygen atoms in total. The van der Waals surface area contributed by atoms with Crippen molar-refractivity contribution in [3.63, 3.8) is 0 Å². The van der Waals surface area contributed by atoms with Crippen molar-refractivity contribution in [2.45, 2.75) is 11.4 Å². The number of nitrogens with one attached hydrogen (secondary N) is 1. The van der Waals surface area contributed by atoms with Crippen molar-refractivity contribution in [2.24, 2.45) is 5.14 Å². The monoisotopic (exact) mass is 436 g/mol. The van der Waals surface area contributed by atoms with Crippen LogP contribution in [0.4, 0.5) is 5.82 Å². The van der Waals surface area contributed by atoms with Gasteiger partial charge in [-0.2, -0.15) is 0 Å². The van der Waals surface area contributed by atoms with Crippen LogP contribution in [0, 0.1) is 0 Å². The number of aromatic nitrogens is 4. The van der Waals surface area contributed by atoms with Gasteiger partial charge in [0.25, 0.3) is 0 Å². The lowest BCUT2D eigenvalue weighted by Crippen LogP contribution is -2.06. The van der Waals surface area contributed by atoms with Gasteiger partial charge in [0.2, 0.25) is 0 Å². The molecule has 2 aromatic carbocycles. The quantitative estimate of drug-likeness (QED) is 0.348. The Labute approximate surface area is 190 Å². The van der Waals surface area contributed by atoms with E-state index in [1.807, 2.05) is 48.5 Å². The summed E-state index contributed by atoms with van der Waals surface area (Å²) in [6, 6.07) is 24.4. The molecule has 3 aromatic heterocycles. The molecule has 32 heavy (non-hydrogen) atoms. The summed E-state index contributed by atoms with van der Waals surface area (Å²) < 4.78 is 0. The largest absolute Gasteiger partial charge is 0.362 e. The molecule has 0 unspecified atom stereocenters. The van der Waals surface area contributed by atoms with Crippen LogP contribution in [0.1, 0.15) is 5.69 Å². The SMILES string of the molecule is NSc1cncc(-c2nnc(NCc3ccccn3)c3c(-c4ccccc4)cccc23)c1. The number of anilines is 1. The average molecular weight is 437 g/mol. The minimum absolute atomic E-state index is 0.550. The van der Waals surface area contributed by atoms with Crippen molar-refractivity contribution in [1.29, 1.82) is 0 Å². The third-order valence-electron chi connectivity index (χ3n) is 5.18. The van der Waals surface area contributed by atoms with Crippen molar-refractivity contribution in [1.82, 2.24) is 20.2 Å². The predicted octanol–water partition coefficient (Wildman–Crippen LogP) is 5.33. The fraction of sp³-hybridized carbons (Fsp3) is 0.0400. The lowest BCUT2D eigenvalue weighted by Gasteiger charge is -2.15. The maximum absolute atomic E-state index is 5.75. The standard InChI is InChI=1S/C25H20N6S/c26-32-20-13-18(14-27-16-20)24-22-11-6-10-21(17-7-2-1-3-8-17)23(22)25(31-30-24)29-15-19-9-4-5-12-28-19/h1-14,16H,15,26H2,(H,29,31). The first-order valence-corrected chi connectivity index (χ1v) is 11.0. The van der Waals surface area contributed by atoms with Crippen LogP contribution in [0.2, 0.25) is 0 Å². The van der Waals surface area contributed by atoms with Crippen LogP contribution in [-0.4, -0.2) is 20.2 Å². The average Bonchev–Trinajstić information content (AvgIpc) is 2.88. The zero-order valence-corrected chi connectivity index (χ0v) is 18.0. The molecule has 0 fully saturated rings. The number of nitrogens with zero attached hydrogens (tertiary/aromatic N) is 4. The van der Waals surface area contributed by atoms with E-state index in [1.165, 1.54) is 0 Å². The van der Waals surface area contributed by atoms with Gasteiger partial charge >= 0.3 is 0 Å². The molecule has 5 aromatic rings. The van der Waals surface area contributed by atoms with E-state index in [-0.39, 0.29) is 0 Å². The number of benzene rings is 2. The van der Waals surface area contributed by atoms with Gasteiger partial charge in [0.15, 0.2) is 5.82 Å². The normalized spacial score (nSPS) is 10.9. The first-order valence-electron chi connectivity index (χ1n) is 10.1. The molecule has 0 amide bonds. The Kier molecular flexibility index (Phi) is 5.74. The number of nitrogens with two attached hydrogens (primary N) is 1. The molecule has 3 heterocycles. The van der Waals surface area contributed by atoms with E-state index in [9.17, 15) is 0 Å². The van der Waals surface area contributed by atoms with Crippen molar-refractivity contribution in [3.05, 3.63) is 97.1 Å². The smallest absolute Gasteiger partial charge is 0.157 e. The molecule has 7 heteroatoms. The Morgan fingerprint density at radius 2 is 1.72 bits per heavy atom. The molecule has 0 saturated heterocycles. The van der Waals surface area contributed by atoms with Gasteiger partial charge in [-0.25, -0.2) is 0 Å². The summed E-state index contributed by atoms with van der Waals surface area (Å²) in [6.07, 6.45) is 5.32. The van der Waals surface area contributed by atoms with Gasteiger partial charge < -0.3 is 5.32 Å². The molecule has 0 aliphatic heterocycles. The molecule has 3 N–H and O–H groups in total. The fourth-order valence-electron chi connectivity index (χ4n) is 3.69. The summed E-state index contributed by atoms with van der Waals surface area (Å²) in [7, 11) is 0. The van der Waals surface area contributed by atoms with E-state index in [4.69, 9.17) is 5.14 Å². The van der Waals surface area contributed by atoms with Crippen molar-refractivity contribution < 1.29 is 0 Å². The Bertz CT molecular complexity index is 1360. The second-order valence-corrected chi connectivity index (χ2v) is 7.90. The molecule has 0 spiro atoms. The molecule has 0 aliphatic carbocycles. The van der Waals surface area contributed by atoms with Gasteiger partial charge in [0.1, 0.15) is 5.69 Å². The van der Waals surface area contributed by atoms with Gasteiger partial charge in [-0.15, -0.1) is 10.2 Å². The summed E-state index contributed by atoms with van der Waals surface area (Å²) in [5.74, 6) is 0.714. The summed E-state index contributed by atoms with van der Waals surface area (Å²) in [5, 5.41) is 20.4. The molecule has 156 valence electrons. The summed E-state index contributed by atoms with van der Waals surface area (Å²) in [5.41, 5.74) is 4.77. The van der Waals surface area contributed by atoms with E-state index in [0.717, 1.165) is 55.7 Å². The van der Waals surface area contributed by atoms with Crippen LogP contribution in [0.25, 0.3) is 33.2 Å². The highest BCUT2D eigenvalue weighted by Crippen LogP contribution is 2.37. The van der Waals surface area contributed by atoms with Crippen molar-refractivity contribution >= 4 is 28.5 Å². The summed E-state index contributed by atoms with van der Waals surface area (Å²) >= 11 is 1.16. The number of fused-ring (bicyclic) bond motifs is 1. The number of hydrogen-bond donors (Lipinski definition) is 2. The maximum Gasteiger partial charge on any atom is 0.157 e. The minimum atomic E-state index is 0.550. The lowest BCUT2D eigenvalue weighted by atomic mass is 9.97. The number of hydrogen-bond acceptors (Lipinski definition) is 7. The lowest BCUT2D eigenvalue weighted by molar-refractivity contribution is 0.991. The second kappa shape index (κ2) is 9.13.